The summed E-state index contributed by atoms with van der Waals surface area (Å²) in [6, 6.07) is 1.45. The van der Waals surface area contributed by atoms with Crippen molar-refractivity contribution in [3.63, 3.8) is 0 Å². The van der Waals surface area contributed by atoms with E-state index in [2.05, 4.69) is 16.9 Å². The van der Waals surface area contributed by atoms with Crippen molar-refractivity contribution in [1.82, 2.24) is 9.97 Å². The first-order valence-electron chi connectivity index (χ1n) is 5.14. The number of H-pyrrole nitrogens is 1. The van der Waals surface area contributed by atoms with Crippen LogP contribution in [0.15, 0.2) is 16.0 Å². The molecule has 7 heteroatoms. The van der Waals surface area contributed by atoms with Crippen molar-refractivity contribution in [2.45, 2.75) is 24.3 Å². The van der Waals surface area contributed by atoms with Crippen molar-refractivity contribution in [3.05, 3.63) is 22.1 Å². The Morgan fingerprint density at radius 3 is 3.00 bits per heavy atom. The molecule has 17 heavy (non-hydrogen) atoms. The molecule has 0 radical (unpaired) electrons. The fourth-order valence-corrected chi connectivity index (χ4v) is 2.48. The number of nitrogens with one attached hydrogen (secondary N) is 1. The van der Waals surface area contributed by atoms with E-state index in [9.17, 15) is 9.59 Å². The van der Waals surface area contributed by atoms with Gasteiger partial charge in [0.25, 0.3) is 5.56 Å². The third kappa shape index (κ3) is 5.78. The van der Waals surface area contributed by atoms with Gasteiger partial charge in [-0.05, 0) is 12.2 Å². The average molecular weight is 274 g/mol. The molecule has 1 rings (SSSR count). The number of hydrogen-bond acceptors (Lipinski definition) is 5. The van der Waals surface area contributed by atoms with Crippen molar-refractivity contribution in [2.24, 2.45) is 0 Å². The Bertz CT molecular complexity index is 434. The molecule has 1 aromatic rings. The van der Waals surface area contributed by atoms with Crippen LogP contribution in [-0.4, -0.2) is 32.5 Å². The fourth-order valence-electron chi connectivity index (χ4n) is 1.08. The number of hydrogen-bond donors (Lipinski definition) is 2. The summed E-state index contributed by atoms with van der Waals surface area (Å²) < 4.78 is 0. The van der Waals surface area contributed by atoms with Crippen LogP contribution in [0.2, 0.25) is 0 Å². The summed E-state index contributed by atoms with van der Waals surface area (Å²) in [5.74, 6) is 0.669. The van der Waals surface area contributed by atoms with Crippen molar-refractivity contribution in [2.75, 3.05) is 11.5 Å². The van der Waals surface area contributed by atoms with Gasteiger partial charge in [0.15, 0.2) is 5.16 Å². The number of nitrogens with zero attached hydrogens (tertiary/aromatic N) is 1. The zero-order valence-corrected chi connectivity index (χ0v) is 11.1. The van der Waals surface area contributed by atoms with Crippen LogP contribution in [0.4, 0.5) is 0 Å². The molecule has 0 atom stereocenters. The minimum atomic E-state index is -0.927. The smallest absolute Gasteiger partial charge is 0.313 e. The predicted octanol–water partition coefficient (Wildman–Crippen LogP) is 1.59. The molecule has 0 saturated heterocycles. The first-order valence-corrected chi connectivity index (χ1v) is 7.28. The molecule has 0 fully saturated rings. The summed E-state index contributed by atoms with van der Waals surface area (Å²) in [5, 5.41) is 8.91. The van der Waals surface area contributed by atoms with Crippen molar-refractivity contribution in [3.8, 4) is 0 Å². The van der Waals surface area contributed by atoms with E-state index in [-0.39, 0.29) is 11.3 Å². The summed E-state index contributed by atoms with van der Waals surface area (Å²) in [7, 11) is 0. The highest BCUT2D eigenvalue weighted by molar-refractivity contribution is 7.99. The van der Waals surface area contributed by atoms with Crippen LogP contribution in [0.25, 0.3) is 0 Å². The van der Waals surface area contributed by atoms with Crippen LogP contribution in [0.1, 0.15) is 19.0 Å². The van der Waals surface area contributed by atoms with Gasteiger partial charge in [-0.15, -0.1) is 0 Å². The van der Waals surface area contributed by atoms with E-state index in [0.29, 0.717) is 16.6 Å². The normalized spacial score (nSPS) is 10.4. The van der Waals surface area contributed by atoms with E-state index in [1.54, 1.807) is 11.8 Å². The Morgan fingerprint density at radius 2 is 2.35 bits per heavy atom. The maximum atomic E-state index is 11.3. The lowest BCUT2D eigenvalue weighted by Crippen LogP contribution is -2.10. The number of carboxylic acid groups (broad SMARTS) is 1. The van der Waals surface area contributed by atoms with E-state index in [4.69, 9.17) is 5.11 Å². The van der Waals surface area contributed by atoms with Crippen LogP contribution < -0.4 is 5.56 Å². The van der Waals surface area contributed by atoms with E-state index in [1.165, 1.54) is 6.07 Å². The lowest BCUT2D eigenvalue weighted by Gasteiger charge is -2.02. The first kappa shape index (κ1) is 14.1. The van der Waals surface area contributed by atoms with E-state index >= 15 is 0 Å². The zero-order chi connectivity index (χ0) is 12.7. The Morgan fingerprint density at radius 1 is 1.59 bits per heavy atom. The Labute approximate surface area is 107 Å². The van der Waals surface area contributed by atoms with E-state index in [0.717, 1.165) is 23.9 Å². The number of carbonyl (C=O) groups is 1. The van der Waals surface area contributed by atoms with Gasteiger partial charge in [0.2, 0.25) is 0 Å². The molecule has 0 unspecified atom stereocenters. The van der Waals surface area contributed by atoms with E-state index in [1.807, 2.05) is 0 Å². The molecule has 0 saturated carbocycles. The quantitative estimate of drug-likeness (QED) is 0.446. The first-order chi connectivity index (χ1) is 8.11. The van der Waals surface area contributed by atoms with Crippen molar-refractivity contribution >= 4 is 29.5 Å². The molecular formula is C10H14N2O3S2. The fraction of sp³-hybridized carbons (Fsp3) is 0.500. The van der Waals surface area contributed by atoms with Gasteiger partial charge in [-0.2, -0.15) is 11.8 Å². The second-order valence-corrected chi connectivity index (χ2v) is 5.35. The maximum absolute atomic E-state index is 11.3. The molecule has 0 aliphatic carbocycles. The molecule has 1 heterocycles. The highest BCUT2D eigenvalue weighted by Crippen LogP contribution is 2.14. The molecule has 0 aliphatic heterocycles. The van der Waals surface area contributed by atoms with Gasteiger partial charge in [0.1, 0.15) is 0 Å². The largest absolute Gasteiger partial charge is 0.481 e. The standard InChI is InChI=1S/C10H14N2O3S2/c1-2-3-16-5-7-4-8(13)12-10(11-7)17-6-9(14)15/h4H,2-3,5-6H2,1H3,(H,14,15)(H,11,12,13). The van der Waals surface area contributed by atoms with Gasteiger partial charge in [-0.25, -0.2) is 4.98 Å². The summed E-state index contributed by atoms with van der Waals surface area (Å²) >= 11 is 2.73. The third-order valence-electron chi connectivity index (χ3n) is 1.70. The van der Waals surface area contributed by atoms with Crippen LogP contribution in [0, 0.1) is 0 Å². The van der Waals surface area contributed by atoms with Crippen LogP contribution in [0.5, 0.6) is 0 Å². The summed E-state index contributed by atoms with van der Waals surface area (Å²) in [6.45, 7) is 2.09. The number of carboxylic acids is 1. The summed E-state index contributed by atoms with van der Waals surface area (Å²) in [5.41, 5.74) is 0.458. The number of rotatable bonds is 7. The Balaban J connectivity index is 2.65. The maximum Gasteiger partial charge on any atom is 0.313 e. The predicted molar refractivity (Wildman–Crippen MR) is 69.7 cm³/mol. The molecular weight excluding hydrogens is 260 g/mol. The molecule has 0 amide bonds. The topological polar surface area (TPSA) is 83.0 Å². The average Bonchev–Trinajstić information content (AvgIpc) is 2.26. The lowest BCUT2D eigenvalue weighted by molar-refractivity contribution is -0.133. The van der Waals surface area contributed by atoms with Gasteiger partial charge in [0.05, 0.1) is 11.4 Å². The minimum absolute atomic E-state index is 0.103. The second kappa shape index (κ2) is 7.39. The molecule has 0 bridgehead atoms. The molecule has 0 aromatic carbocycles. The van der Waals surface area contributed by atoms with Gasteiger partial charge in [0, 0.05) is 11.8 Å². The summed E-state index contributed by atoms with van der Waals surface area (Å²) in [6.07, 6.45) is 1.08. The monoisotopic (exact) mass is 274 g/mol. The van der Waals surface area contributed by atoms with Crippen LogP contribution in [-0.2, 0) is 10.5 Å². The molecule has 1 aromatic heterocycles. The molecule has 0 aliphatic rings. The number of aromatic amines is 1. The van der Waals surface area contributed by atoms with Gasteiger partial charge < -0.3 is 10.1 Å². The van der Waals surface area contributed by atoms with Gasteiger partial charge in [-0.1, -0.05) is 18.7 Å². The van der Waals surface area contributed by atoms with Crippen LogP contribution in [0.3, 0.4) is 0 Å². The highest BCUT2D eigenvalue weighted by atomic mass is 32.2. The molecule has 2 N–H and O–H groups in total. The number of aromatic nitrogens is 2. The summed E-state index contributed by atoms with van der Waals surface area (Å²) in [4.78, 5) is 28.4. The second-order valence-electron chi connectivity index (χ2n) is 3.28. The van der Waals surface area contributed by atoms with Crippen LogP contribution >= 0.6 is 23.5 Å². The minimum Gasteiger partial charge on any atom is -0.481 e. The number of aliphatic carboxylic acids is 1. The lowest BCUT2D eigenvalue weighted by atomic mass is 10.5. The highest BCUT2D eigenvalue weighted by Gasteiger charge is 2.05. The van der Waals surface area contributed by atoms with Gasteiger partial charge >= 0.3 is 5.97 Å². The Hall–Kier alpha value is -0.950. The number of thioether (sulfide) groups is 2. The zero-order valence-electron chi connectivity index (χ0n) is 9.43. The Kier molecular flexibility index (Phi) is 6.13. The molecule has 5 nitrogen and oxygen atoms in total. The van der Waals surface area contributed by atoms with E-state index < -0.39 is 5.97 Å². The van der Waals surface area contributed by atoms with Crippen molar-refractivity contribution < 1.29 is 9.90 Å². The van der Waals surface area contributed by atoms with Gasteiger partial charge in [-0.3, -0.25) is 9.59 Å². The van der Waals surface area contributed by atoms with Crippen molar-refractivity contribution in [1.29, 1.82) is 0 Å². The molecule has 94 valence electrons. The molecule has 0 spiro atoms. The SMILES string of the molecule is CCCSCc1cc(=O)[nH]c(SCC(=O)O)n1. The third-order valence-corrected chi connectivity index (χ3v) is 3.76.